The van der Waals surface area contributed by atoms with Crippen molar-refractivity contribution in [3.05, 3.63) is 53.6 Å². The Bertz CT molecular complexity index is 1680. The number of carbonyl (C=O) groups excluding carboxylic acids is 2. The van der Waals surface area contributed by atoms with Crippen LogP contribution in [0.2, 0.25) is 0 Å². The molecule has 1 unspecified atom stereocenters. The van der Waals surface area contributed by atoms with Crippen LogP contribution in [0.15, 0.2) is 47.4 Å². The number of amides is 3. The summed E-state index contributed by atoms with van der Waals surface area (Å²) in [4.78, 5) is 36.7. The van der Waals surface area contributed by atoms with Crippen LogP contribution in [-0.2, 0) is 24.5 Å². The molecule has 0 saturated heterocycles. The van der Waals surface area contributed by atoms with Crippen LogP contribution < -0.4 is 20.7 Å². The molecule has 12 nitrogen and oxygen atoms in total. The van der Waals surface area contributed by atoms with E-state index in [2.05, 4.69) is 16.0 Å². The van der Waals surface area contributed by atoms with Crippen LogP contribution in [0, 0.1) is 17.8 Å². The van der Waals surface area contributed by atoms with Gasteiger partial charge >= 0.3 is 12.0 Å². The molecule has 0 bridgehead atoms. The molecule has 3 amide bonds. The maximum absolute atomic E-state index is 13.6. The normalized spacial score (nSPS) is 19.2. The molecule has 276 valence electrons. The minimum absolute atomic E-state index is 0.00756. The van der Waals surface area contributed by atoms with Crippen molar-refractivity contribution in [2.24, 2.45) is 17.8 Å². The molecule has 0 radical (unpaired) electrons. The molecule has 2 saturated carbocycles. The van der Waals surface area contributed by atoms with E-state index >= 15 is 0 Å². The number of ether oxygens (including phenoxy) is 1. The summed E-state index contributed by atoms with van der Waals surface area (Å²) in [5.74, 6) is 0.165. The Kier molecular flexibility index (Phi) is 14.1. The number of benzene rings is 2. The smallest absolute Gasteiger partial charge is 0.319 e. The van der Waals surface area contributed by atoms with E-state index in [9.17, 15) is 31.2 Å². The molecule has 0 aliphatic heterocycles. The van der Waals surface area contributed by atoms with E-state index in [0.717, 1.165) is 49.8 Å². The molecule has 50 heavy (non-hydrogen) atoms. The van der Waals surface area contributed by atoms with E-state index in [1.54, 1.807) is 24.3 Å². The lowest BCUT2D eigenvalue weighted by atomic mass is 9.69. The molecule has 4 rings (SSSR count). The first-order valence-electron chi connectivity index (χ1n) is 17.6. The fourth-order valence-corrected chi connectivity index (χ4v) is 10.7. The van der Waals surface area contributed by atoms with Gasteiger partial charge in [-0.1, -0.05) is 57.6 Å². The summed E-state index contributed by atoms with van der Waals surface area (Å²) in [5, 5.41) is 16.2. The topological polar surface area (TPSA) is 185 Å². The van der Waals surface area contributed by atoms with Crippen molar-refractivity contribution in [3.8, 4) is 5.75 Å². The van der Waals surface area contributed by atoms with Gasteiger partial charge < -0.3 is 25.8 Å². The van der Waals surface area contributed by atoms with Crippen LogP contribution in [-0.4, -0.2) is 64.3 Å². The lowest BCUT2D eigenvalue weighted by Crippen LogP contribution is -2.38. The van der Waals surface area contributed by atoms with E-state index in [-0.39, 0.29) is 41.8 Å². The van der Waals surface area contributed by atoms with E-state index in [1.165, 1.54) is 50.3 Å². The number of nitrogens with one attached hydrogen (secondary N) is 3. The number of rotatable bonds is 16. The molecule has 2 aromatic carbocycles. The summed E-state index contributed by atoms with van der Waals surface area (Å²) < 4.78 is 55.9. The zero-order chi connectivity index (χ0) is 36.3. The first-order chi connectivity index (χ1) is 23.8. The standard InChI is InChI=1S/C36H51N3O9S2/c1-3-4-22-48-31-19-18-30(23-32(31)50(46,47)24-49(2,44)45)38-36(43)39-34(27-12-10-26(11-13-27)25-8-6-5-7-9-25)28-14-16-29(17-15-28)35(42)37-21-20-33(40)41/h14-19,23,25-27,34H,3-13,20-22,24H2,1-2H3,(H,37,42)(H,40,41)(H2,38,39,43). The number of urea groups is 1. The summed E-state index contributed by atoms with van der Waals surface area (Å²) in [7, 11) is -8.20. The van der Waals surface area contributed by atoms with Gasteiger partial charge in [0.15, 0.2) is 24.8 Å². The molecule has 2 aliphatic rings. The second kappa shape index (κ2) is 18.0. The van der Waals surface area contributed by atoms with Crippen LogP contribution in [0.1, 0.15) is 106 Å². The van der Waals surface area contributed by atoms with Crippen molar-refractivity contribution in [2.75, 3.05) is 29.8 Å². The number of hydrogen-bond acceptors (Lipinski definition) is 8. The third-order valence-electron chi connectivity index (χ3n) is 9.71. The lowest BCUT2D eigenvalue weighted by Gasteiger charge is -2.38. The van der Waals surface area contributed by atoms with Gasteiger partial charge in [0.25, 0.3) is 5.91 Å². The van der Waals surface area contributed by atoms with Crippen LogP contribution in [0.5, 0.6) is 5.75 Å². The molecule has 0 aromatic heterocycles. The highest BCUT2D eigenvalue weighted by atomic mass is 32.3. The van der Waals surface area contributed by atoms with Crippen molar-refractivity contribution >= 4 is 43.3 Å². The molecule has 2 aliphatic carbocycles. The number of carboxylic acids is 1. The van der Waals surface area contributed by atoms with E-state index in [1.807, 2.05) is 6.92 Å². The molecule has 0 heterocycles. The number of hydrogen-bond donors (Lipinski definition) is 4. The zero-order valence-electron chi connectivity index (χ0n) is 29.0. The summed E-state index contributed by atoms with van der Waals surface area (Å²) in [6.45, 7) is 2.22. The SMILES string of the molecule is CCCCOc1ccc(NC(=O)NC(c2ccc(C(=O)NCCC(=O)O)cc2)C2CCC(C3CCCCC3)CC2)cc1S(=O)(=O)CS(C)(=O)=O. The van der Waals surface area contributed by atoms with E-state index in [4.69, 9.17) is 9.84 Å². The molecule has 4 N–H and O–H groups in total. The summed E-state index contributed by atoms with van der Waals surface area (Å²) in [6, 6.07) is 10.1. The van der Waals surface area contributed by atoms with Crippen molar-refractivity contribution in [2.45, 2.75) is 94.9 Å². The lowest BCUT2D eigenvalue weighted by molar-refractivity contribution is -0.136. The highest BCUT2D eigenvalue weighted by Gasteiger charge is 2.34. The Hall–Kier alpha value is -3.65. The summed E-state index contributed by atoms with van der Waals surface area (Å²) in [6.07, 6.45) is 12.6. The Morgan fingerprint density at radius 2 is 1.56 bits per heavy atom. The van der Waals surface area contributed by atoms with E-state index < -0.39 is 48.7 Å². The van der Waals surface area contributed by atoms with Gasteiger partial charge in [0.1, 0.15) is 10.6 Å². The van der Waals surface area contributed by atoms with Crippen molar-refractivity contribution in [1.29, 1.82) is 0 Å². The average molecular weight is 734 g/mol. The first kappa shape index (κ1) is 39.1. The fraction of sp³-hybridized carbons (Fsp3) is 0.583. The first-order valence-corrected chi connectivity index (χ1v) is 21.3. The van der Waals surface area contributed by atoms with Crippen molar-refractivity contribution in [3.63, 3.8) is 0 Å². The minimum Gasteiger partial charge on any atom is -0.492 e. The molecular weight excluding hydrogens is 683 g/mol. The molecule has 2 aromatic rings. The maximum atomic E-state index is 13.6. The van der Waals surface area contributed by atoms with Gasteiger partial charge in [0, 0.05) is 24.1 Å². The fourth-order valence-electron chi connectivity index (χ4n) is 7.18. The van der Waals surface area contributed by atoms with Gasteiger partial charge in [-0.3, -0.25) is 9.59 Å². The monoisotopic (exact) mass is 733 g/mol. The second-order valence-electron chi connectivity index (χ2n) is 13.7. The van der Waals surface area contributed by atoms with E-state index in [0.29, 0.717) is 17.9 Å². The third kappa shape index (κ3) is 11.7. The predicted octanol–water partition coefficient (Wildman–Crippen LogP) is 6.10. The molecular formula is C36H51N3O9S2. The van der Waals surface area contributed by atoms with Crippen LogP contribution in [0.3, 0.4) is 0 Å². The third-order valence-corrected chi connectivity index (χ3v) is 13.7. The maximum Gasteiger partial charge on any atom is 0.319 e. The van der Waals surface area contributed by atoms with Gasteiger partial charge in [0.2, 0.25) is 0 Å². The number of sulfone groups is 2. The van der Waals surface area contributed by atoms with Crippen LogP contribution >= 0.6 is 0 Å². The average Bonchev–Trinajstić information content (AvgIpc) is 3.07. The number of unbranched alkanes of at least 4 members (excludes halogenated alkanes) is 1. The quantitative estimate of drug-likeness (QED) is 0.148. The van der Waals surface area contributed by atoms with Crippen molar-refractivity contribution < 1.29 is 41.1 Å². The zero-order valence-corrected chi connectivity index (χ0v) is 30.6. The second-order valence-corrected chi connectivity index (χ2v) is 18.2. The Balaban J connectivity index is 1.54. The van der Waals surface area contributed by atoms with Gasteiger partial charge in [-0.05, 0) is 85.8 Å². The predicted molar refractivity (Wildman–Crippen MR) is 192 cm³/mol. The van der Waals surface area contributed by atoms with Crippen LogP contribution in [0.25, 0.3) is 0 Å². The Labute approximate surface area is 296 Å². The molecule has 0 spiro atoms. The molecule has 2 fully saturated rings. The van der Waals surface area contributed by atoms with Gasteiger partial charge in [-0.2, -0.15) is 0 Å². The number of anilines is 1. The van der Waals surface area contributed by atoms with Crippen LogP contribution in [0.4, 0.5) is 10.5 Å². The highest BCUT2D eigenvalue weighted by molar-refractivity contribution is 8.07. The van der Waals surface area contributed by atoms with Gasteiger partial charge in [-0.25, -0.2) is 21.6 Å². The number of carboxylic acid groups (broad SMARTS) is 1. The molecule has 14 heteroatoms. The number of aliphatic carboxylic acids is 1. The van der Waals surface area contributed by atoms with Gasteiger partial charge in [-0.15, -0.1) is 0 Å². The largest absolute Gasteiger partial charge is 0.492 e. The Morgan fingerprint density at radius 1 is 0.900 bits per heavy atom. The highest BCUT2D eigenvalue weighted by Crippen LogP contribution is 2.43. The molecule has 1 atom stereocenters. The summed E-state index contributed by atoms with van der Waals surface area (Å²) >= 11 is 0. The Morgan fingerprint density at radius 3 is 2.18 bits per heavy atom. The van der Waals surface area contributed by atoms with Crippen molar-refractivity contribution in [1.82, 2.24) is 10.6 Å². The minimum atomic E-state index is -4.31. The summed E-state index contributed by atoms with van der Waals surface area (Å²) in [5.41, 5.74) is 1.33. The number of carbonyl (C=O) groups is 3. The van der Waals surface area contributed by atoms with Gasteiger partial charge in [0.05, 0.1) is 19.1 Å².